The summed E-state index contributed by atoms with van der Waals surface area (Å²) in [5, 5.41) is 4.02. The van der Waals surface area contributed by atoms with Crippen molar-refractivity contribution in [2.45, 2.75) is 20.4 Å². The zero-order valence-electron chi connectivity index (χ0n) is 6.91. The van der Waals surface area contributed by atoms with Gasteiger partial charge in [-0.15, -0.1) is 0 Å². The number of hydrogen-bond donors (Lipinski definition) is 2. The van der Waals surface area contributed by atoms with E-state index in [2.05, 4.69) is 18.9 Å². The molecule has 0 aliphatic carbocycles. The van der Waals surface area contributed by atoms with E-state index in [1.807, 2.05) is 0 Å². The molecule has 0 saturated carbocycles. The molecule has 62 valence electrons. The fraction of sp³-hybridized carbons (Fsp3) is 0.571. The first-order chi connectivity index (χ1) is 5.09. The normalized spacial score (nSPS) is 10.8. The van der Waals surface area contributed by atoms with Crippen LogP contribution in [0.2, 0.25) is 0 Å². The molecule has 0 aliphatic rings. The Morgan fingerprint density at radius 1 is 1.55 bits per heavy atom. The van der Waals surface area contributed by atoms with Crippen LogP contribution in [0, 0.1) is 5.92 Å². The van der Waals surface area contributed by atoms with Crippen LogP contribution in [0.4, 0.5) is 11.5 Å². The molecule has 1 aromatic heterocycles. The Morgan fingerprint density at radius 3 is 2.55 bits per heavy atom. The minimum Gasteiger partial charge on any atom is -0.394 e. The second-order valence-electron chi connectivity index (χ2n) is 3.09. The molecule has 1 aromatic rings. The lowest BCUT2D eigenvalue weighted by molar-refractivity contribution is 0.484. The van der Waals surface area contributed by atoms with Crippen molar-refractivity contribution in [1.82, 2.24) is 9.78 Å². The molecule has 1 rings (SSSR count). The van der Waals surface area contributed by atoms with Crippen LogP contribution in [-0.2, 0) is 6.54 Å². The predicted octanol–water partition coefficient (Wildman–Crippen LogP) is 0.704. The lowest BCUT2D eigenvalue weighted by atomic mass is 10.2. The Bertz CT molecular complexity index is 219. The zero-order chi connectivity index (χ0) is 8.43. The second kappa shape index (κ2) is 2.82. The molecule has 4 nitrogen and oxygen atoms in total. The molecule has 0 aliphatic heterocycles. The molecule has 11 heavy (non-hydrogen) atoms. The van der Waals surface area contributed by atoms with E-state index in [0.717, 1.165) is 6.54 Å². The van der Waals surface area contributed by atoms with Crippen molar-refractivity contribution in [3.05, 3.63) is 6.20 Å². The Balaban J connectivity index is 2.73. The molecule has 1 heterocycles. The highest BCUT2D eigenvalue weighted by atomic mass is 15.3. The van der Waals surface area contributed by atoms with Crippen molar-refractivity contribution in [1.29, 1.82) is 0 Å². The number of nitrogens with zero attached hydrogens (tertiary/aromatic N) is 2. The number of nitrogen functional groups attached to an aromatic ring is 2. The number of anilines is 2. The minimum absolute atomic E-state index is 0.422. The van der Waals surface area contributed by atoms with Gasteiger partial charge in [0.1, 0.15) is 0 Å². The molecule has 0 aromatic carbocycles. The van der Waals surface area contributed by atoms with E-state index in [4.69, 9.17) is 11.5 Å². The van der Waals surface area contributed by atoms with Gasteiger partial charge >= 0.3 is 0 Å². The van der Waals surface area contributed by atoms with Crippen LogP contribution < -0.4 is 11.5 Å². The van der Waals surface area contributed by atoms with Crippen LogP contribution in [0.15, 0.2) is 6.20 Å². The van der Waals surface area contributed by atoms with Crippen LogP contribution in [0.5, 0.6) is 0 Å². The summed E-state index contributed by atoms with van der Waals surface area (Å²) in [7, 11) is 0. The van der Waals surface area contributed by atoms with Gasteiger partial charge in [-0.1, -0.05) is 13.8 Å². The number of nitrogens with two attached hydrogens (primary N) is 2. The fourth-order valence-electron chi connectivity index (χ4n) is 0.919. The highest BCUT2D eigenvalue weighted by Crippen LogP contribution is 2.11. The molecule has 0 unspecified atom stereocenters. The summed E-state index contributed by atoms with van der Waals surface area (Å²) in [5.74, 6) is 0.986. The van der Waals surface area contributed by atoms with Gasteiger partial charge in [-0.25, -0.2) is 0 Å². The van der Waals surface area contributed by atoms with Gasteiger partial charge < -0.3 is 11.5 Å². The molecular weight excluding hydrogens is 140 g/mol. The highest BCUT2D eigenvalue weighted by molar-refractivity contribution is 5.56. The zero-order valence-corrected chi connectivity index (χ0v) is 6.91. The van der Waals surface area contributed by atoms with E-state index in [1.165, 1.54) is 0 Å². The quantitative estimate of drug-likeness (QED) is 0.658. The molecule has 4 heteroatoms. The Labute approximate surface area is 66.2 Å². The minimum atomic E-state index is 0.422. The Hall–Kier alpha value is -1.19. The van der Waals surface area contributed by atoms with Crippen molar-refractivity contribution in [3.8, 4) is 0 Å². The van der Waals surface area contributed by atoms with Gasteiger partial charge in [-0.05, 0) is 5.92 Å². The van der Waals surface area contributed by atoms with Gasteiger partial charge in [0.05, 0.1) is 11.9 Å². The number of hydrogen-bond acceptors (Lipinski definition) is 3. The topological polar surface area (TPSA) is 69.9 Å². The first-order valence-corrected chi connectivity index (χ1v) is 3.68. The third-order valence-corrected chi connectivity index (χ3v) is 1.37. The Kier molecular flexibility index (Phi) is 2.03. The van der Waals surface area contributed by atoms with Gasteiger partial charge in [0.2, 0.25) is 0 Å². The van der Waals surface area contributed by atoms with Gasteiger partial charge in [-0.3, -0.25) is 4.68 Å². The molecular formula is C7H14N4. The van der Waals surface area contributed by atoms with Crippen molar-refractivity contribution in [2.75, 3.05) is 11.5 Å². The SMILES string of the molecule is CC(C)Cn1cc(N)c(N)n1. The molecule has 0 spiro atoms. The van der Waals surface area contributed by atoms with E-state index in [0.29, 0.717) is 17.4 Å². The average Bonchev–Trinajstić information content (AvgIpc) is 2.10. The van der Waals surface area contributed by atoms with Crippen molar-refractivity contribution in [3.63, 3.8) is 0 Å². The molecule has 4 N–H and O–H groups in total. The molecule has 0 radical (unpaired) electrons. The average molecular weight is 154 g/mol. The maximum absolute atomic E-state index is 5.51. The lowest BCUT2D eigenvalue weighted by Gasteiger charge is -2.02. The highest BCUT2D eigenvalue weighted by Gasteiger charge is 2.02. The van der Waals surface area contributed by atoms with E-state index in [-0.39, 0.29) is 0 Å². The third kappa shape index (κ3) is 1.86. The van der Waals surface area contributed by atoms with E-state index in [1.54, 1.807) is 10.9 Å². The van der Waals surface area contributed by atoms with Gasteiger partial charge in [0, 0.05) is 6.54 Å². The monoisotopic (exact) mass is 154 g/mol. The van der Waals surface area contributed by atoms with Crippen molar-refractivity contribution < 1.29 is 0 Å². The van der Waals surface area contributed by atoms with E-state index < -0.39 is 0 Å². The first kappa shape index (κ1) is 7.91. The van der Waals surface area contributed by atoms with Gasteiger partial charge in [-0.2, -0.15) is 5.10 Å². The maximum atomic E-state index is 5.51. The molecule has 0 amide bonds. The first-order valence-electron chi connectivity index (χ1n) is 3.68. The fourth-order valence-corrected chi connectivity index (χ4v) is 0.919. The molecule has 0 bridgehead atoms. The summed E-state index contributed by atoms with van der Waals surface area (Å²) in [5.41, 5.74) is 11.5. The summed E-state index contributed by atoms with van der Waals surface area (Å²) in [6.07, 6.45) is 1.76. The predicted molar refractivity (Wildman–Crippen MR) is 45.9 cm³/mol. The van der Waals surface area contributed by atoms with Gasteiger partial charge in [0.25, 0.3) is 0 Å². The Morgan fingerprint density at radius 2 is 2.18 bits per heavy atom. The molecule has 0 fully saturated rings. The van der Waals surface area contributed by atoms with E-state index in [9.17, 15) is 0 Å². The van der Waals surface area contributed by atoms with E-state index >= 15 is 0 Å². The van der Waals surface area contributed by atoms with Crippen LogP contribution in [-0.4, -0.2) is 9.78 Å². The van der Waals surface area contributed by atoms with Crippen molar-refractivity contribution in [2.24, 2.45) is 5.92 Å². The summed E-state index contributed by atoms with van der Waals surface area (Å²) >= 11 is 0. The standard InChI is InChI=1S/C7H14N4/c1-5(2)3-11-4-6(8)7(9)10-11/h4-5H,3,8H2,1-2H3,(H2,9,10). The van der Waals surface area contributed by atoms with Gasteiger partial charge in [0.15, 0.2) is 5.82 Å². The smallest absolute Gasteiger partial charge is 0.168 e. The van der Waals surface area contributed by atoms with Crippen LogP contribution >= 0.6 is 0 Å². The molecule has 0 atom stereocenters. The molecule has 0 saturated heterocycles. The largest absolute Gasteiger partial charge is 0.394 e. The van der Waals surface area contributed by atoms with Crippen LogP contribution in [0.3, 0.4) is 0 Å². The van der Waals surface area contributed by atoms with Crippen molar-refractivity contribution >= 4 is 11.5 Å². The maximum Gasteiger partial charge on any atom is 0.168 e. The lowest BCUT2D eigenvalue weighted by Crippen LogP contribution is -2.04. The third-order valence-electron chi connectivity index (χ3n) is 1.37. The summed E-state index contributed by atoms with van der Waals surface area (Å²) in [6, 6.07) is 0. The van der Waals surface area contributed by atoms with Crippen LogP contribution in [0.25, 0.3) is 0 Å². The summed E-state index contributed by atoms with van der Waals surface area (Å²) in [4.78, 5) is 0. The summed E-state index contributed by atoms with van der Waals surface area (Å²) < 4.78 is 1.77. The second-order valence-corrected chi connectivity index (χ2v) is 3.09. The van der Waals surface area contributed by atoms with Crippen LogP contribution in [0.1, 0.15) is 13.8 Å². The number of rotatable bonds is 2. The number of aromatic nitrogens is 2. The summed E-state index contributed by atoms with van der Waals surface area (Å²) in [6.45, 7) is 5.10.